The fourth-order valence-corrected chi connectivity index (χ4v) is 2.43. The molecule has 0 spiro atoms. The highest BCUT2D eigenvalue weighted by molar-refractivity contribution is 5.81. The maximum atomic E-state index is 12.5. The lowest BCUT2D eigenvalue weighted by atomic mass is 9.83. The summed E-state index contributed by atoms with van der Waals surface area (Å²) in [5.74, 6) is 0.578. The largest absolute Gasteiger partial charge is 0.494 e. The van der Waals surface area contributed by atoms with Gasteiger partial charge in [-0.25, -0.2) is 4.79 Å². The van der Waals surface area contributed by atoms with E-state index in [-0.39, 0.29) is 5.97 Å². The van der Waals surface area contributed by atoms with Gasteiger partial charge in [0.25, 0.3) is 0 Å². The summed E-state index contributed by atoms with van der Waals surface area (Å²) in [5, 5.41) is 0. The number of rotatable bonds is 9. The quantitative estimate of drug-likeness (QED) is 0.281. The minimum atomic E-state index is -0.712. The molecule has 0 N–H and O–H groups in total. The number of esters is 2. The fourth-order valence-electron chi connectivity index (χ4n) is 2.43. The van der Waals surface area contributed by atoms with Gasteiger partial charge in [-0.05, 0) is 57.4 Å². The molecule has 0 radical (unpaired) electrons. The van der Waals surface area contributed by atoms with Crippen LogP contribution < -0.4 is 4.74 Å². The van der Waals surface area contributed by atoms with Crippen LogP contribution in [0.15, 0.2) is 60.9 Å². The zero-order valence-corrected chi connectivity index (χ0v) is 15.9. The normalized spacial score (nSPS) is 18.4. The van der Waals surface area contributed by atoms with E-state index >= 15 is 0 Å². The van der Waals surface area contributed by atoms with E-state index in [9.17, 15) is 9.59 Å². The van der Waals surface area contributed by atoms with Crippen LogP contribution in [0.5, 0.6) is 5.75 Å². The Morgan fingerprint density at radius 2 is 1.89 bits per heavy atom. The summed E-state index contributed by atoms with van der Waals surface area (Å²) < 4.78 is 16.1. The number of hydrogen-bond acceptors (Lipinski definition) is 5. The molecule has 0 fully saturated rings. The van der Waals surface area contributed by atoms with E-state index in [4.69, 9.17) is 14.2 Å². The van der Waals surface area contributed by atoms with Gasteiger partial charge in [-0.1, -0.05) is 30.4 Å². The molecule has 1 atom stereocenters. The summed E-state index contributed by atoms with van der Waals surface area (Å²) in [6.45, 7) is 8.05. The molecule has 5 heteroatoms. The van der Waals surface area contributed by atoms with Gasteiger partial charge in [-0.15, -0.1) is 0 Å². The summed E-state index contributed by atoms with van der Waals surface area (Å²) in [6, 6.07) is 7.40. The van der Waals surface area contributed by atoms with Crippen LogP contribution in [0, 0.1) is 12.3 Å². The third kappa shape index (κ3) is 6.44. The van der Waals surface area contributed by atoms with E-state index in [0.717, 1.165) is 30.2 Å². The summed E-state index contributed by atoms with van der Waals surface area (Å²) >= 11 is 0. The minimum Gasteiger partial charge on any atom is -0.494 e. The van der Waals surface area contributed by atoms with Gasteiger partial charge in [-0.3, -0.25) is 4.79 Å². The molecule has 0 saturated carbocycles. The number of allylic oxidation sites excluding steroid dienone is 2. The van der Waals surface area contributed by atoms with Crippen molar-refractivity contribution in [3.8, 4) is 5.75 Å². The third-order valence-electron chi connectivity index (χ3n) is 4.26. The molecule has 1 aromatic carbocycles. The van der Waals surface area contributed by atoms with Crippen LogP contribution in [0.25, 0.3) is 0 Å². The van der Waals surface area contributed by atoms with Crippen molar-refractivity contribution in [3.63, 3.8) is 0 Å². The number of carbonyl (C=O) groups excluding carboxylic acids is 2. The lowest BCUT2D eigenvalue weighted by Gasteiger charge is -2.25. The van der Waals surface area contributed by atoms with E-state index in [2.05, 4.69) is 6.58 Å². The molecule has 1 aliphatic carbocycles. The van der Waals surface area contributed by atoms with E-state index in [1.807, 2.05) is 38.1 Å². The Balaban J connectivity index is 1.73. The molecule has 1 aliphatic rings. The number of ether oxygens (including phenoxy) is 3. The van der Waals surface area contributed by atoms with E-state index in [1.165, 1.54) is 0 Å². The zero-order valence-electron chi connectivity index (χ0n) is 15.9. The Morgan fingerprint density at radius 1 is 1.19 bits per heavy atom. The van der Waals surface area contributed by atoms with Crippen LogP contribution in [0.2, 0.25) is 0 Å². The van der Waals surface area contributed by atoms with Crippen LogP contribution in [-0.4, -0.2) is 25.2 Å². The summed E-state index contributed by atoms with van der Waals surface area (Å²) in [4.78, 5) is 23.4. The van der Waals surface area contributed by atoms with Gasteiger partial charge in [0.1, 0.15) is 11.5 Å². The Bertz CT molecular complexity index is 730. The second kappa shape index (κ2) is 9.76. The molecule has 0 bridgehead atoms. The molecule has 144 valence electrons. The second-order valence-electron chi connectivity index (χ2n) is 6.69. The van der Waals surface area contributed by atoms with Gasteiger partial charge in [0, 0.05) is 6.08 Å². The van der Waals surface area contributed by atoms with Gasteiger partial charge >= 0.3 is 11.9 Å². The van der Waals surface area contributed by atoms with Gasteiger partial charge < -0.3 is 14.2 Å². The highest BCUT2D eigenvalue weighted by Crippen LogP contribution is 2.32. The summed E-state index contributed by atoms with van der Waals surface area (Å²) in [7, 11) is 0. The zero-order chi connectivity index (χ0) is 19.7. The first kappa shape index (κ1) is 20.5. The highest BCUT2D eigenvalue weighted by atomic mass is 16.5. The standard InChI is InChI=1S/C22H26O5/c1-4-20(23)26-16-6-5-15-25-18-11-13-22(3,14-12-18)21(24)27-19-9-7-17(2)8-10-19/h4,7-13H,1,5-6,14-16H2,2-3H3. The number of aryl methyl sites for hydroxylation is 1. The van der Waals surface area contributed by atoms with Crippen molar-refractivity contribution in [2.75, 3.05) is 13.2 Å². The van der Waals surface area contributed by atoms with Gasteiger partial charge in [0.2, 0.25) is 0 Å². The van der Waals surface area contributed by atoms with Gasteiger partial charge in [0.15, 0.2) is 0 Å². The molecular weight excluding hydrogens is 344 g/mol. The third-order valence-corrected chi connectivity index (χ3v) is 4.26. The average Bonchev–Trinajstić information content (AvgIpc) is 2.67. The Labute approximate surface area is 160 Å². The van der Waals surface area contributed by atoms with Gasteiger partial charge in [-0.2, -0.15) is 0 Å². The van der Waals surface area contributed by atoms with E-state index in [0.29, 0.717) is 25.4 Å². The Hall–Kier alpha value is -2.82. The summed E-state index contributed by atoms with van der Waals surface area (Å²) in [6.07, 6.45) is 8.67. The molecule has 0 saturated heterocycles. The molecular formula is C22H26O5. The molecule has 0 aromatic heterocycles. The van der Waals surface area contributed by atoms with Crippen molar-refractivity contribution in [1.29, 1.82) is 0 Å². The number of hydrogen-bond donors (Lipinski definition) is 0. The highest BCUT2D eigenvalue weighted by Gasteiger charge is 2.33. The predicted octanol–water partition coefficient (Wildman–Crippen LogP) is 4.28. The fraction of sp³-hybridized carbons (Fsp3) is 0.364. The van der Waals surface area contributed by atoms with Crippen molar-refractivity contribution in [2.24, 2.45) is 5.41 Å². The van der Waals surface area contributed by atoms with Crippen molar-refractivity contribution in [2.45, 2.75) is 33.1 Å². The maximum absolute atomic E-state index is 12.5. The predicted molar refractivity (Wildman–Crippen MR) is 103 cm³/mol. The molecule has 0 aliphatic heterocycles. The number of benzene rings is 1. The number of carbonyl (C=O) groups is 2. The molecule has 0 amide bonds. The molecule has 1 aromatic rings. The molecule has 2 rings (SSSR count). The van der Waals surface area contributed by atoms with Crippen molar-refractivity contribution < 1.29 is 23.8 Å². The lowest BCUT2D eigenvalue weighted by Crippen LogP contribution is -2.31. The second-order valence-corrected chi connectivity index (χ2v) is 6.69. The molecule has 27 heavy (non-hydrogen) atoms. The average molecular weight is 370 g/mol. The smallest absolute Gasteiger partial charge is 0.330 e. The topological polar surface area (TPSA) is 61.8 Å². The SMILES string of the molecule is C=CC(=O)OCCCCOC1=CCC(C)(C(=O)Oc2ccc(C)cc2)C=C1. The van der Waals surface area contributed by atoms with E-state index < -0.39 is 11.4 Å². The van der Waals surface area contributed by atoms with Crippen LogP contribution in [0.4, 0.5) is 0 Å². The number of unbranched alkanes of at least 4 members (excludes halogenated alkanes) is 1. The lowest BCUT2D eigenvalue weighted by molar-refractivity contribution is -0.142. The summed E-state index contributed by atoms with van der Waals surface area (Å²) in [5.41, 5.74) is 0.401. The molecule has 1 unspecified atom stereocenters. The first-order valence-electron chi connectivity index (χ1n) is 9.03. The van der Waals surface area contributed by atoms with Crippen LogP contribution in [-0.2, 0) is 19.1 Å². The van der Waals surface area contributed by atoms with Crippen LogP contribution in [0.3, 0.4) is 0 Å². The maximum Gasteiger partial charge on any atom is 0.330 e. The molecule has 5 nitrogen and oxygen atoms in total. The Kier molecular flexibility index (Phi) is 7.41. The van der Waals surface area contributed by atoms with E-state index in [1.54, 1.807) is 18.2 Å². The van der Waals surface area contributed by atoms with Crippen molar-refractivity contribution >= 4 is 11.9 Å². The first-order chi connectivity index (χ1) is 12.9. The van der Waals surface area contributed by atoms with Crippen LogP contribution >= 0.6 is 0 Å². The molecule has 0 heterocycles. The Morgan fingerprint density at radius 3 is 2.52 bits per heavy atom. The van der Waals surface area contributed by atoms with Crippen molar-refractivity contribution in [1.82, 2.24) is 0 Å². The first-order valence-corrected chi connectivity index (χ1v) is 9.03. The van der Waals surface area contributed by atoms with Gasteiger partial charge in [0.05, 0.1) is 18.6 Å². The minimum absolute atomic E-state index is 0.290. The van der Waals surface area contributed by atoms with Crippen LogP contribution in [0.1, 0.15) is 31.7 Å². The van der Waals surface area contributed by atoms with Crippen molar-refractivity contribution in [3.05, 3.63) is 66.5 Å². The monoisotopic (exact) mass is 370 g/mol.